The van der Waals surface area contributed by atoms with E-state index in [0.29, 0.717) is 12.3 Å². The summed E-state index contributed by atoms with van der Waals surface area (Å²) >= 11 is 0. The van der Waals surface area contributed by atoms with Gasteiger partial charge in [-0.2, -0.15) is 4.31 Å². The van der Waals surface area contributed by atoms with E-state index in [2.05, 4.69) is 0 Å². The van der Waals surface area contributed by atoms with Crippen LogP contribution in [0, 0.1) is 5.92 Å². The van der Waals surface area contributed by atoms with E-state index in [1.54, 1.807) is 31.4 Å². The van der Waals surface area contributed by atoms with Gasteiger partial charge in [-0.05, 0) is 49.9 Å². The SMILES string of the molecule is COc1ccc(S(=O)(=O)N2CCC[C@H](C(=O)N3CCCC3)C2)cc1. The van der Waals surface area contributed by atoms with Crippen LogP contribution in [0.2, 0.25) is 0 Å². The molecule has 1 atom stereocenters. The van der Waals surface area contributed by atoms with Crippen molar-refractivity contribution in [3.8, 4) is 5.75 Å². The first kappa shape index (κ1) is 17.2. The molecule has 0 spiro atoms. The third-order valence-electron chi connectivity index (χ3n) is 4.85. The van der Waals surface area contributed by atoms with Crippen LogP contribution in [0.3, 0.4) is 0 Å². The molecule has 0 unspecified atom stereocenters. The molecule has 1 amide bonds. The third kappa shape index (κ3) is 3.42. The van der Waals surface area contributed by atoms with Crippen molar-refractivity contribution in [3.05, 3.63) is 24.3 Å². The zero-order valence-corrected chi connectivity index (χ0v) is 14.8. The maximum absolute atomic E-state index is 12.8. The van der Waals surface area contributed by atoms with Gasteiger partial charge in [-0.1, -0.05) is 0 Å². The lowest BCUT2D eigenvalue weighted by atomic mass is 9.98. The van der Waals surface area contributed by atoms with Crippen LogP contribution < -0.4 is 4.74 Å². The monoisotopic (exact) mass is 352 g/mol. The van der Waals surface area contributed by atoms with Crippen LogP contribution in [0.1, 0.15) is 25.7 Å². The average Bonchev–Trinajstić information content (AvgIpc) is 3.16. The van der Waals surface area contributed by atoms with Crippen molar-refractivity contribution < 1.29 is 17.9 Å². The summed E-state index contributed by atoms with van der Waals surface area (Å²) in [5.74, 6) is 0.515. The van der Waals surface area contributed by atoms with Gasteiger partial charge >= 0.3 is 0 Å². The van der Waals surface area contributed by atoms with Gasteiger partial charge in [0.15, 0.2) is 0 Å². The summed E-state index contributed by atoms with van der Waals surface area (Å²) in [5.41, 5.74) is 0. The number of carbonyl (C=O) groups is 1. The molecule has 2 saturated heterocycles. The maximum atomic E-state index is 12.8. The standard InChI is InChI=1S/C17H24N2O4S/c1-23-15-6-8-16(9-7-15)24(21,22)19-12-4-5-14(13-19)17(20)18-10-2-3-11-18/h6-9,14H,2-5,10-13H2,1H3/t14-/m0/s1. The average molecular weight is 352 g/mol. The van der Waals surface area contributed by atoms with Gasteiger partial charge in [0.2, 0.25) is 15.9 Å². The molecule has 24 heavy (non-hydrogen) atoms. The first-order valence-electron chi connectivity index (χ1n) is 8.45. The maximum Gasteiger partial charge on any atom is 0.243 e. The molecule has 2 aliphatic rings. The summed E-state index contributed by atoms with van der Waals surface area (Å²) < 4.78 is 32.2. The highest BCUT2D eigenvalue weighted by atomic mass is 32.2. The Morgan fingerprint density at radius 1 is 1.08 bits per heavy atom. The van der Waals surface area contributed by atoms with Crippen molar-refractivity contribution in [2.45, 2.75) is 30.6 Å². The minimum Gasteiger partial charge on any atom is -0.497 e. The fourth-order valence-electron chi connectivity index (χ4n) is 3.45. The zero-order chi connectivity index (χ0) is 17.2. The second-order valence-electron chi connectivity index (χ2n) is 6.41. The smallest absolute Gasteiger partial charge is 0.243 e. The topological polar surface area (TPSA) is 66.9 Å². The molecule has 2 fully saturated rings. The molecule has 132 valence electrons. The number of methoxy groups -OCH3 is 1. The molecule has 0 aromatic heterocycles. The normalized spacial score (nSPS) is 22.5. The molecule has 1 aromatic carbocycles. The van der Waals surface area contributed by atoms with Crippen LogP contribution in [0.15, 0.2) is 29.2 Å². The fourth-order valence-corrected chi connectivity index (χ4v) is 4.98. The second kappa shape index (κ2) is 7.11. The quantitative estimate of drug-likeness (QED) is 0.827. The number of benzene rings is 1. The van der Waals surface area contributed by atoms with Crippen molar-refractivity contribution in [2.75, 3.05) is 33.3 Å². The molecule has 2 aliphatic heterocycles. The Labute approximate surface area is 143 Å². The lowest BCUT2D eigenvalue weighted by Crippen LogP contribution is -2.46. The molecular formula is C17H24N2O4S. The molecule has 2 heterocycles. The number of rotatable bonds is 4. The Hall–Kier alpha value is -1.60. The summed E-state index contributed by atoms with van der Waals surface area (Å²) in [6.07, 6.45) is 3.59. The number of hydrogen-bond acceptors (Lipinski definition) is 4. The van der Waals surface area contributed by atoms with E-state index >= 15 is 0 Å². The van der Waals surface area contributed by atoms with Crippen LogP contribution in [0.25, 0.3) is 0 Å². The molecule has 0 radical (unpaired) electrons. The Bertz CT molecular complexity index is 681. The van der Waals surface area contributed by atoms with Gasteiger partial charge in [0.1, 0.15) is 5.75 Å². The highest BCUT2D eigenvalue weighted by Crippen LogP contribution is 2.27. The summed E-state index contributed by atoms with van der Waals surface area (Å²) in [4.78, 5) is 14.7. The van der Waals surface area contributed by atoms with Crippen LogP contribution in [0.5, 0.6) is 5.75 Å². The number of carbonyl (C=O) groups excluding carboxylic acids is 1. The lowest BCUT2D eigenvalue weighted by molar-refractivity contribution is -0.135. The predicted molar refractivity (Wildman–Crippen MR) is 90.3 cm³/mol. The largest absolute Gasteiger partial charge is 0.497 e. The Balaban J connectivity index is 1.73. The molecule has 1 aromatic rings. The van der Waals surface area contributed by atoms with E-state index in [0.717, 1.165) is 38.8 Å². The highest BCUT2D eigenvalue weighted by molar-refractivity contribution is 7.89. The van der Waals surface area contributed by atoms with Crippen LogP contribution in [-0.4, -0.2) is 56.8 Å². The highest BCUT2D eigenvalue weighted by Gasteiger charge is 2.35. The zero-order valence-electron chi connectivity index (χ0n) is 14.0. The predicted octanol–water partition coefficient (Wildman–Crippen LogP) is 1.72. The van der Waals surface area contributed by atoms with Crippen LogP contribution in [0.4, 0.5) is 0 Å². The fraction of sp³-hybridized carbons (Fsp3) is 0.588. The summed E-state index contributed by atoms with van der Waals surface area (Å²) in [7, 11) is -2.03. The first-order valence-corrected chi connectivity index (χ1v) is 9.89. The molecule has 3 rings (SSSR count). The van der Waals surface area contributed by atoms with Crippen molar-refractivity contribution >= 4 is 15.9 Å². The molecule has 0 aliphatic carbocycles. The lowest BCUT2D eigenvalue weighted by Gasteiger charge is -2.33. The van der Waals surface area contributed by atoms with Gasteiger partial charge in [-0.15, -0.1) is 0 Å². The van der Waals surface area contributed by atoms with Gasteiger partial charge in [0.05, 0.1) is 17.9 Å². The number of amides is 1. The summed E-state index contributed by atoms with van der Waals surface area (Å²) in [6, 6.07) is 6.40. The Kier molecular flexibility index (Phi) is 5.10. The van der Waals surface area contributed by atoms with Crippen molar-refractivity contribution in [2.24, 2.45) is 5.92 Å². The van der Waals surface area contributed by atoms with E-state index in [1.807, 2.05) is 4.90 Å². The van der Waals surface area contributed by atoms with Gasteiger partial charge in [-0.25, -0.2) is 8.42 Å². The van der Waals surface area contributed by atoms with E-state index in [1.165, 1.54) is 4.31 Å². The number of piperidine rings is 1. The molecular weight excluding hydrogens is 328 g/mol. The first-order chi connectivity index (χ1) is 11.5. The Morgan fingerprint density at radius 2 is 1.75 bits per heavy atom. The number of nitrogens with zero attached hydrogens (tertiary/aromatic N) is 2. The molecule has 6 nitrogen and oxygen atoms in total. The van der Waals surface area contributed by atoms with Crippen molar-refractivity contribution in [1.82, 2.24) is 9.21 Å². The van der Waals surface area contributed by atoms with Crippen molar-refractivity contribution in [3.63, 3.8) is 0 Å². The minimum atomic E-state index is -3.57. The molecule has 0 bridgehead atoms. The van der Waals surface area contributed by atoms with E-state index < -0.39 is 10.0 Å². The van der Waals surface area contributed by atoms with Crippen molar-refractivity contribution in [1.29, 1.82) is 0 Å². The van der Waals surface area contributed by atoms with Crippen LogP contribution in [-0.2, 0) is 14.8 Å². The summed E-state index contributed by atoms with van der Waals surface area (Å²) in [5, 5.41) is 0. The summed E-state index contributed by atoms with van der Waals surface area (Å²) in [6.45, 7) is 2.36. The van der Waals surface area contributed by atoms with Gasteiger partial charge in [-0.3, -0.25) is 4.79 Å². The number of sulfonamides is 1. The van der Waals surface area contributed by atoms with E-state index in [9.17, 15) is 13.2 Å². The van der Waals surface area contributed by atoms with Crippen LogP contribution >= 0.6 is 0 Å². The van der Waals surface area contributed by atoms with E-state index in [4.69, 9.17) is 4.74 Å². The van der Waals surface area contributed by atoms with Gasteiger partial charge in [0, 0.05) is 26.2 Å². The molecule has 7 heteroatoms. The second-order valence-corrected chi connectivity index (χ2v) is 8.35. The Morgan fingerprint density at radius 3 is 2.38 bits per heavy atom. The number of ether oxygens (including phenoxy) is 1. The van der Waals surface area contributed by atoms with E-state index in [-0.39, 0.29) is 23.3 Å². The van der Waals surface area contributed by atoms with Gasteiger partial charge < -0.3 is 9.64 Å². The minimum absolute atomic E-state index is 0.113. The number of hydrogen-bond donors (Lipinski definition) is 0. The molecule has 0 N–H and O–H groups in total. The molecule has 0 saturated carbocycles. The number of likely N-dealkylation sites (tertiary alicyclic amines) is 1. The van der Waals surface area contributed by atoms with Gasteiger partial charge in [0.25, 0.3) is 0 Å². The third-order valence-corrected chi connectivity index (χ3v) is 6.73.